The van der Waals surface area contributed by atoms with E-state index >= 15 is 0 Å². The molecule has 0 unspecified atom stereocenters. The van der Waals surface area contributed by atoms with Crippen LogP contribution in [0.1, 0.15) is 56.3 Å². The van der Waals surface area contributed by atoms with Crippen LogP contribution >= 0.6 is 0 Å². The molecule has 7 heteroatoms. The van der Waals surface area contributed by atoms with Crippen molar-refractivity contribution in [2.45, 2.75) is 45.3 Å². The Morgan fingerprint density at radius 1 is 1.28 bits per heavy atom. The van der Waals surface area contributed by atoms with Gasteiger partial charge in [0.05, 0.1) is 12.3 Å². The molecule has 138 valence electrons. The molecule has 1 saturated heterocycles. The fraction of sp³-hybridized carbons (Fsp3) is 0.667. The summed E-state index contributed by atoms with van der Waals surface area (Å²) in [6.07, 6.45) is 4.12. The molecule has 0 aliphatic carbocycles. The second kappa shape index (κ2) is 8.60. The van der Waals surface area contributed by atoms with E-state index in [1.54, 1.807) is 12.3 Å². The fourth-order valence-electron chi connectivity index (χ4n) is 3.18. The molecule has 1 N–H and O–H groups in total. The van der Waals surface area contributed by atoms with Gasteiger partial charge in [0.15, 0.2) is 5.82 Å². The van der Waals surface area contributed by atoms with E-state index in [1.165, 1.54) is 0 Å². The number of aromatic nitrogens is 2. The maximum atomic E-state index is 10.2. The minimum atomic E-state index is -0.573. The fourth-order valence-corrected chi connectivity index (χ4v) is 3.18. The summed E-state index contributed by atoms with van der Waals surface area (Å²) in [6, 6.07) is 3.74. The van der Waals surface area contributed by atoms with Crippen molar-refractivity contribution in [2.75, 3.05) is 32.7 Å². The van der Waals surface area contributed by atoms with Crippen LogP contribution in [0.2, 0.25) is 0 Å². The standard InChI is InChI=1S/C18H28N4O3/c1-3-4-7-17-19-18(25-20-17)14(2)22-10-8-21(9-11-22)13-15(23)16-6-5-12-24-16/h5-6,12,14-15,23H,3-4,7-11,13H2,1-2H3/t14-,15+/m1/s1. The summed E-state index contributed by atoms with van der Waals surface area (Å²) < 4.78 is 10.7. The van der Waals surface area contributed by atoms with Crippen molar-refractivity contribution in [2.24, 2.45) is 0 Å². The third-order valence-electron chi connectivity index (χ3n) is 4.85. The number of nitrogens with zero attached hydrogens (tertiary/aromatic N) is 4. The van der Waals surface area contributed by atoms with Crippen molar-refractivity contribution in [3.63, 3.8) is 0 Å². The first-order valence-electron chi connectivity index (χ1n) is 9.17. The largest absolute Gasteiger partial charge is 0.467 e. The zero-order valence-electron chi connectivity index (χ0n) is 15.1. The second-order valence-corrected chi connectivity index (χ2v) is 6.70. The van der Waals surface area contributed by atoms with Gasteiger partial charge in [-0.25, -0.2) is 0 Å². The molecule has 0 bridgehead atoms. The average molecular weight is 348 g/mol. The molecular formula is C18H28N4O3. The Kier molecular flexibility index (Phi) is 6.23. The van der Waals surface area contributed by atoms with E-state index in [-0.39, 0.29) is 6.04 Å². The Bertz CT molecular complexity index is 620. The molecule has 2 aromatic heterocycles. The topological polar surface area (TPSA) is 78.8 Å². The quantitative estimate of drug-likeness (QED) is 0.785. The molecular weight excluding hydrogens is 320 g/mol. The molecule has 2 aromatic rings. The Balaban J connectivity index is 1.47. The van der Waals surface area contributed by atoms with E-state index in [0.717, 1.165) is 51.3 Å². The van der Waals surface area contributed by atoms with Crippen LogP contribution in [0.25, 0.3) is 0 Å². The van der Waals surface area contributed by atoms with E-state index in [0.29, 0.717) is 18.2 Å². The average Bonchev–Trinajstić information content (AvgIpc) is 3.32. The molecule has 2 atom stereocenters. The predicted octanol–water partition coefficient (Wildman–Crippen LogP) is 2.42. The number of aryl methyl sites for hydroxylation is 1. The summed E-state index contributed by atoms with van der Waals surface area (Å²) in [6.45, 7) is 8.50. The van der Waals surface area contributed by atoms with Gasteiger partial charge in [0.2, 0.25) is 5.89 Å². The van der Waals surface area contributed by atoms with Gasteiger partial charge in [0.1, 0.15) is 11.9 Å². The van der Waals surface area contributed by atoms with Gasteiger partial charge < -0.3 is 14.0 Å². The lowest BCUT2D eigenvalue weighted by molar-refractivity contribution is 0.0452. The van der Waals surface area contributed by atoms with Gasteiger partial charge in [0, 0.05) is 39.1 Å². The van der Waals surface area contributed by atoms with Gasteiger partial charge in [-0.3, -0.25) is 9.80 Å². The van der Waals surface area contributed by atoms with Gasteiger partial charge in [-0.15, -0.1) is 0 Å². The molecule has 0 spiro atoms. The number of β-amino-alcohol motifs (C(OH)–C–C–N with tert-alkyl or cyclic N) is 1. The lowest BCUT2D eigenvalue weighted by atomic mass is 10.2. The number of furan rings is 1. The number of aliphatic hydroxyl groups is 1. The monoisotopic (exact) mass is 348 g/mol. The molecule has 25 heavy (non-hydrogen) atoms. The number of hydrogen-bond donors (Lipinski definition) is 1. The highest BCUT2D eigenvalue weighted by atomic mass is 16.5. The van der Waals surface area contributed by atoms with Gasteiger partial charge >= 0.3 is 0 Å². The van der Waals surface area contributed by atoms with Crippen molar-refractivity contribution in [3.8, 4) is 0 Å². The second-order valence-electron chi connectivity index (χ2n) is 6.70. The smallest absolute Gasteiger partial charge is 0.243 e. The molecule has 1 aliphatic rings. The SMILES string of the molecule is CCCCc1noc([C@@H](C)N2CCN(C[C@H](O)c3ccco3)CC2)n1. The zero-order valence-corrected chi connectivity index (χ0v) is 15.1. The van der Waals surface area contributed by atoms with Crippen LogP contribution in [0.15, 0.2) is 27.3 Å². The Hall–Kier alpha value is -1.70. The summed E-state index contributed by atoms with van der Waals surface area (Å²) >= 11 is 0. The molecule has 1 aliphatic heterocycles. The predicted molar refractivity (Wildman–Crippen MR) is 93.0 cm³/mol. The maximum Gasteiger partial charge on any atom is 0.243 e. The first kappa shape index (κ1) is 18.1. The van der Waals surface area contributed by atoms with Crippen molar-refractivity contribution in [1.29, 1.82) is 0 Å². The van der Waals surface area contributed by atoms with E-state index in [1.807, 2.05) is 6.07 Å². The maximum absolute atomic E-state index is 10.2. The Morgan fingerprint density at radius 2 is 2.08 bits per heavy atom. The molecule has 3 rings (SSSR count). The van der Waals surface area contributed by atoms with Crippen LogP contribution in [-0.2, 0) is 6.42 Å². The van der Waals surface area contributed by atoms with Gasteiger partial charge in [-0.1, -0.05) is 18.5 Å². The van der Waals surface area contributed by atoms with Crippen molar-refractivity contribution in [1.82, 2.24) is 19.9 Å². The Morgan fingerprint density at radius 3 is 2.76 bits per heavy atom. The highest BCUT2D eigenvalue weighted by Crippen LogP contribution is 2.22. The van der Waals surface area contributed by atoms with Gasteiger partial charge in [-0.2, -0.15) is 4.98 Å². The molecule has 1 fully saturated rings. The number of piperazine rings is 1. The molecule has 0 radical (unpaired) electrons. The third kappa shape index (κ3) is 4.68. The van der Waals surface area contributed by atoms with E-state index in [2.05, 4.69) is 33.8 Å². The summed E-state index contributed by atoms with van der Waals surface area (Å²) in [7, 11) is 0. The number of rotatable bonds is 8. The van der Waals surface area contributed by atoms with Crippen LogP contribution in [-0.4, -0.2) is 57.8 Å². The molecule has 7 nitrogen and oxygen atoms in total. The molecule has 3 heterocycles. The van der Waals surface area contributed by atoms with E-state index in [4.69, 9.17) is 8.94 Å². The summed E-state index contributed by atoms with van der Waals surface area (Å²) in [5.41, 5.74) is 0. The highest BCUT2D eigenvalue weighted by Gasteiger charge is 2.27. The first-order valence-corrected chi connectivity index (χ1v) is 9.17. The van der Waals surface area contributed by atoms with Crippen LogP contribution in [0.4, 0.5) is 0 Å². The molecule has 0 amide bonds. The van der Waals surface area contributed by atoms with E-state index in [9.17, 15) is 5.11 Å². The normalized spacial score (nSPS) is 19.2. The van der Waals surface area contributed by atoms with Crippen molar-refractivity contribution >= 4 is 0 Å². The highest BCUT2D eigenvalue weighted by molar-refractivity contribution is 5.02. The minimum absolute atomic E-state index is 0.125. The lowest BCUT2D eigenvalue weighted by Gasteiger charge is -2.37. The third-order valence-corrected chi connectivity index (χ3v) is 4.85. The van der Waals surface area contributed by atoms with Crippen LogP contribution in [0, 0.1) is 0 Å². The Labute approximate surface area is 148 Å². The molecule has 0 saturated carbocycles. The van der Waals surface area contributed by atoms with Crippen molar-refractivity contribution in [3.05, 3.63) is 35.9 Å². The summed E-state index contributed by atoms with van der Waals surface area (Å²) in [4.78, 5) is 9.15. The minimum Gasteiger partial charge on any atom is -0.467 e. The van der Waals surface area contributed by atoms with Gasteiger partial charge in [-0.05, 0) is 25.5 Å². The number of aliphatic hydroxyl groups excluding tert-OH is 1. The van der Waals surface area contributed by atoms with Crippen molar-refractivity contribution < 1.29 is 14.0 Å². The summed E-state index contributed by atoms with van der Waals surface area (Å²) in [5.74, 6) is 2.14. The van der Waals surface area contributed by atoms with Crippen LogP contribution in [0.5, 0.6) is 0 Å². The lowest BCUT2D eigenvalue weighted by Crippen LogP contribution is -2.48. The first-order chi connectivity index (χ1) is 12.2. The van der Waals surface area contributed by atoms with Crippen LogP contribution in [0.3, 0.4) is 0 Å². The number of hydrogen-bond acceptors (Lipinski definition) is 7. The van der Waals surface area contributed by atoms with Gasteiger partial charge in [0.25, 0.3) is 0 Å². The van der Waals surface area contributed by atoms with Crippen LogP contribution < -0.4 is 0 Å². The summed E-state index contributed by atoms with van der Waals surface area (Å²) in [5, 5.41) is 14.3. The zero-order chi connectivity index (χ0) is 17.6. The number of unbranched alkanes of at least 4 members (excludes halogenated alkanes) is 1. The molecule has 0 aromatic carbocycles. The van der Waals surface area contributed by atoms with E-state index < -0.39 is 6.10 Å².